The van der Waals surface area contributed by atoms with E-state index in [9.17, 15) is 4.79 Å². The number of aryl methyl sites for hydroxylation is 2. The van der Waals surface area contributed by atoms with Gasteiger partial charge in [0.1, 0.15) is 0 Å². The van der Waals surface area contributed by atoms with Crippen LogP contribution in [0.3, 0.4) is 0 Å². The highest BCUT2D eigenvalue weighted by Crippen LogP contribution is 2.13. The third-order valence-electron chi connectivity index (χ3n) is 2.14. The first-order valence-corrected chi connectivity index (χ1v) is 5.10. The quantitative estimate of drug-likeness (QED) is 0.666. The molecule has 0 bridgehead atoms. The Balaban J connectivity index is 2.90. The van der Waals surface area contributed by atoms with Crippen molar-refractivity contribution in [2.24, 2.45) is 5.92 Å². The van der Waals surface area contributed by atoms with Gasteiger partial charge >= 0.3 is 0 Å². The third kappa shape index (κ3) is 2.99. The fourth-order valence-electron chi connectivity index (χ4n) is 1.62. The Kier molecular flexibility index (Phi) is 3.45. The number of rotatable bonds is 3. The van der Waals surface area contributed by atoms with Crippen LogP contribution in [0.4, 0.5) is 0 Å². The molecule has 76 valence electrons. The lowest BCUT2D eigenvalue weighted by molar-refractivity contribution is 0.0967. The highest BCUT2D eigenvalue weighted by molar-refractivity contribution is 5.96. The molecule has 0 fully saturated rings. The number of Topliss-reactive ketones (excluding diaryl/α,β-unsaturated/α-hetero) is 1. The van der Waals surface area contributed by atoms with Crippen LogP contribution in [0.5, 0.6) is 0 Å². The molecule has 1 rings (SSSR count). The van der Waals surface area contributed by atoms with Crippen LogP contribution in [0.1, 0.15) is 41.8 Å². The van der Waals surface area contributed by atoms with Crippen molar-refractivity contribution in [3.63, 3.8) is 0 Å². The molecule has 1 aromatic carbocycles. The summed E-state index contributed by atoms with van der Waals surface area (Å²) in [4.78, 5) is 11.8. The summed E-state index contributed by atoms with van der Waals surface area (Å²) in [5.74, 6) is 0.690. The van der Waals surface area contributed by atoms with Crippen molar-refractivity contribution in [2.45, 2.75) is 34.1 Å². The van der Waals surface area contributed by atoms with Gasteiger partial charge in [-0.3, -0.25) is 4.79 Å². The molecule has 0 saturated carbocycles. The van der Waals surface area contributed by atoms with Crippen molar-refractivity contribution in [1.82, 2.24) is 0 Å². The predicted molar refractivity (Wildman–Crippen MR) is 59.7 cm³/mol. The predicted octanol–water partition coefficient (Wildman–Crippen LogP) is 3.53. The SMILES string of the molecule is Cc1cc(C)cc(C(=O)CC(C)C)c1. The highest BCUT2D eigenvalue weighted by Gasteiger charge is 2.08. The molecule has 0 aliphatic carbocycles. The van der Waals surface area contributed by atoms with Crippen molar-refractivity contribution in [3.05, 3.63) is 34.9 Å². The maximum Gasteiger partial charge on any atom is 0.163 e. The van der Waals surface area contributed by atoms with Crippen molar-refractivity contribution in [1.29, 1.82) is 0 Å². The van der Waals surface area contributed by atoms with Gasteiger partial charge in [-0.25, -0.2) is 0 Å². The lowest BCUT2D eigenvalue weighted by Gasteiger charge is -2.06. The second-order valence-electron chi connectivity index (χ2n) is 4.40. The highest BCUT2D eigenvalue weighted by atomic mass is 16.1. The van der Waals surface area contributed by atoms with Crippen LogP contribution in [-0.4, -0.2) is 5.78 Å². The number of carbonyl (C=O) groups excluding carboxylic acids is 1. The molecule has 14 heavy (non-hydrogen) atoms. The van der Waals surface area contributed by atoms with Gasteiger partial charge < -0.3 is 0 Å². The van der Waals surface area contributed by atoms with E-state index in [1.807, 2.05) is 26.0 Å². The normalized spacial score (nSPS) is 10.6. The second-order valence-corrected chi connectivity index (χ2v) is 4.40. The summed E-state index contributed by atoms with van der Waals surface area (Å²) < 4.78 is 0. The molecule has 0 atom stereocenters. The minimum atomic E-state index is 0.256. The third-order valence-corrected chi connectivity index (χ3v) is 2.14. The molecule has 0 amide bonds. The topological polar surface area (TPSA) is 17.1 Å². The molecule has 0 aliphatic rings. The number of hydrogen-bond donors (Lipinski definition) is 0. The van der Waals surface area contributed by atoms with Gasteiger partial charge in [0.15, 0.2) is 5.78 Å². The Morgan fingerprint density at radius 3 is 2.07 bits per heavy atom. The number of ketones is 1. The fourth-order valence-corrected chi connectivity index (χ4v) is 1.62. The molecule has 0 N–H and O–H groups in total. The van der Waals surface area contributed by atoms with Crippen molar-refractivity contribution in [2.75, 3.05) is 0 Å². The summed E-state index contributed by atoms with van der Waals surface area (Å²) in [6, 6.07) is 6.03. The van der Waals surface area contributed by atoms with E-state index in [1.165, 1.54) is 0 Å². The van der Waals surface area contributed by atoms with Crippen LogP contribution >= 0.6 is 0 Å². The molecule has 0 radical (unpaired) electrons. The van der Waals surface area contributed by atoms with E-state index in [1.54, 1.807) is 0 Å². The van der Waals surface area contributed by atoms with Gasteiger partial charge in [-0.2, -0.15) is 0 Å². The molecular formula is C13H18O. The lowest BCUT2D eigenvalue weighted by Crippen LogP contribution is -2.04. The number of carbonyl (C=O) groups is 1. The molecule has 1 aromatic rings. The van der Waals surface area contributed by atoms with Gasteiger partial charge in [-0.05, 0) is 31.9 Å². The van der Waals surface area contributed by atoms with Crippen LogP contribution in [0.2, 0.25) is 0 Å². The minimum absolute atomic E-state index is 0.256. The molecule has 0 saturated heterocycles. The zero-order valence-corrected chi connectivity index (χ0v) is 9.42. The van der Waals surface area contributed by atoms with E-state index in [0.29, 0.717) is 12.3 Å². The van der Waals surface area contributed by atoms with Gasteiger partial charge in [0.25, 0.3) is 0 Å². The van der Waals surface area contributed by atoms with Crippen molar-refractivity contribution >= 4 is 5.78 Å². The van der Waals surface area contributed by atoms with E-state index >= 15 is 0 Å². The number of benzene rings is 1. The van der Waals surface area contributed by atoms with Crippen LogP contribution in [0, 0.1) is 19.8 Å². The van der Waals surface area contributed by atoms with Crippen LogP contribution in [0.15, 0.2) is 18.2 Å². The number of hydrogen-bond acceptors (Lipinski definition) is 1. The Bertz CT molecular complexity index is 317. The zero-order valence-electron chi connectivity index (χ0n) is 9.42. The van der Waals surface area contributed by atoms with Gasteiger partial charge in [0.2, 0.25) is 0 Å². The van der Waals surface area contributed by atoms with Crippen LogP contribution in [0.25, 0.3) is 0 Å². The standard InChI is InChI=1S/C13H18O/c1-9(2)5-13(14)12-7-10(3)6-11(4)8-12/h6-9H,5H2,1-4H3. The van der Waals surface area contributed by atoms with E-state index in [0.717, 1.165) is 16.7 Å². The second kappa shape index (κ2) is 4.41. The molecule has 0 unspecified atom stereocenters. The summed E-state index contributed by atoms with van der Waals surface area (Å²) in [7, 11) is 0. The Hall–Kier alpha value is -1.11. The maximum atomic E-state index is 11.8. The molecule has 0 aromatic heterocycles. The van der Waals surface area contributed by atoms with E-state index in [-0.39, 0.29) is 5.78 Å². The van der Waals surface area contributed by atoms with Gasteiger partial charge in [0.05, 0.1) is 0 Å². The molecular weight excluding hydrogens is 172 g/mol. The summed E-state index contributed by atoms with van der Waals surface area (Å²) in [6.45, 7) is 8.19. The first-order valence-electron chi connectivity index (χ1n) is 5.10. The Morgan fingerprint density at radius 1 is 1.14 bits per heavy atom. The minimum Gasteiger partial charge on any atom is -0.294 e. The van der Waals surface area contributed by atoms with Crippen molar-refractivity contribution < 1.29 is 4.79 Å². The zero-order chi connectivity index (χ0) is 10.7. The van der Waals surface area contributed by atoms with Gasteiger partial charge in [0, 0.05) is 12.0 Å². The summed E-state index contributed by atoms with van der Waals surface area (Å²) in [5.41, 5.74) is 3.19. The maximum absolute atomic E-state index is 11.8. The average Bonchev–Trinajstić information content (AvgIpc) is 2.00. The Morgan fingerprint density at radius 2 is 1.64 bits per heavy atom. The largest absolute Gasteiger partial charge is 0.294 e. The molecule has 1 heteroatoms. The first-order chi connectivity index (χ1) is 6.49. The lowest BCUT2D eigenvalue weighted by atomic mass is 9.98. The monoisotopic (exact) mass is 190 g/mol. The first kappa shape index (κ1) is 11.0. The smallest absolute Gasteiger partial charge is 0.163 e. The summed E-state index contributed by atoms with van der Waals surface area (Å²) in [6.07, 6.45) is 0.642. The summed E-state index contributed by atoms with van der Waals surface area (Å²) in [5, 5.41) is 0. The van der Waals surface area contributed by atoms with E-state index in [2.05, 4.69) is 19.9 Å². The van der Waals surface area contributed by atoms with E-state index in [4.69, 9.17) is 0 Å². The fraction of sp³-hybridized carbons (Fsp3) is 0.462. The van der Waals surface area contributed by atoms with Gasteiger partial charge in [-0.15, -0.1) is 0 Å². The average molecular weight is 190 g/mol. The van der Waals surface area contributed by atoms with Crippen LogP contribution in [-0.2, 0) is 0 Å². The summed E-state index contributed by atoms with van der Waals surface area (Å²) >= 11 is 0. The molecule has 0 aliphatic heterocycles. The molecule has 0 heterocycles. The molecule has 1 nitrogen and oxygen atoms in total. The Labute approximate surface area is 86.1 Å². The van der Waals surface area contributed by atoms with Crippen molar-refractivity contribution in [3.8, 4) is 0 Å². The van der Waals surface area contributed by atoms with E-state index < -0.39 is 0 Å². The molecule has 0 spiro atoms. The van der Waals surface area contributed by atoms with Crippen LogP contribution < -0.4 is 0 Å². The van der Waals surface area contributed by atoms with Gasteiger partial charge in [-0.1, -0.05) is 31.0 Å².